The van der Waals surface area contributed by atoms with E-state index in [9.17, 15) is 0 Å². The van der Waals surface area contributed by atoms with Gasteiger partial charge >= 0.3 is 0 Å². The highest BCUT2D eigenvalue weighted by atomic mass is 28.3. The van der Waals surface area contributed by atoms with Gasteiger partial charge in [-0.3, -0.25) is 0 Å². The van der Waals surface area contributed by atoms with E-state index in [-0.39, 0.29) is 0 Å². The predicted molar refractivity (Wildman–Crippen MR) is 228 cm³/mol. The summed E-state index contributed by atoms with van der Waals surface area (Å²) >= 11 is 0. The predicted octanol–water partition coefficient (Wildman–Crippen LogP) is 14.1. The lowest BCUT2D eigenvalue weighted by atomic mass is 9.92. The maximum atomic E-state index is 4.10. The quantitative estimate of drug-likeness (QED) is 0.103. The molecule has 2 nitrogen and oxygen atoms in total. The summed E-state index contributed by atoms with van der Waals surface area (Å²) in [5, 5.41) is 15.2. The van der Waals surface area contributed by atoms with E-state index in [1.807, 2.05) is 0 Å². The Morgan fingerprint density at radius 1 is 0.420 bits per heavy atom. The Labute approximate surface area is 303 Å². The summed E-state index contributed by atoms with van der Waals surface area (Å²) in [7, 11) is -4.06. The van der Waals surface area contributed by atoms with Crippen LogP contribution in [0.15, 0.2) is 72.8 Å². The normalized spacial score (nSPS) is 13.1. The Kier molecular flexibility index (Phi) is 9.77. The summed E-state index contributed by atoms with van der Waals surface area (Å²) in [6, 6.07) is 26.7. The van der Waals surface area contributed by atoms with E-state index in [1.165, 1.54) is 32.3 Å². The van der Waals surface area contributed by atoms with Gasteiger partial charge < -0.3 is 10.6 Å². The summed E-state index contributed by atoms with van der Waals surface area (Å²) < 4.78 is 0. The summed E-state index contributed by atoms with van der Waals surface area (Å²) in [5.41, 5.74) is 17.9. The lowest BCUT2D eigenvalue weighted by molar-refractivity contribution is 0.838. The van der Waals surface area contributed by atoms with Gasteiger partial charge in [-0.05, 0) is 79.1 Å². The second-order valence-electron chi connectivity index (χ2n) is 16.5. The van der Waals surface area contributed by atoms with Crippen molar-refractivity contribution in [3.05, 3.63) is 83.9 Å². The SMILES string of the molecule is CC(C)[Si](C#Cc1c2c(c(C#C[Si](C(C)C)(C(C)C)C(C)C)c3cc4ccccc4cc13)Nc1cc3ccccc3cc1N2)(C(C)C)C(C)C. The molecule has 5 aromatic rings. The Balaban J connectivity index is 1.76. The smallest absolute Gasteiger partial charge is 0.146 e. The molecule has 0 saturated carbocycles. The van der Waals surface area contributed by atoms with Crippen molar-refractivity contribution in [2.45, 2.75) is 116 Å². The zero-order valence-electron chi connectivity index (χ0n) is 32.4. The first-order valence-electron chi connectivity index (χ1n) is 18.9. The molecule has 0 bridgehead atoms. The van der Waals surface area contributed by atoms with Crippen molar-refractivity contribution in [2.24, 2.45) is 0 Å². The molecule has 0 spiro atoms. The zero-order valence-corrected chi connectivity index (χ0v) is 34.4. The summed E-state index contributed by atoms with van der Waals surface area (Å²) in [6.07, 6.45) is 0. The van der Waals surface area contributed by atoms with Crippen molar-refractivity contribution in [1.29, 1.82) is 0 Å². The molecule has 0 aromatic heterocycles. The van der Waals surface area contributed by atoms with Crippen molar-refractivity contribution in [2.75, 3.05) is 10.6 Å². The van der Waals surface area contributed by atoms with Gasteiger partial charge in [0, 0.05) is 10.8 Å². The first kappa shape index (κ1) is 35.8. The zero-order chi connectivity index (χ0) is 36.1. The summed E-state index contributed by atoms with van der Waals surface area (Å²) in [4.78, 5) is 0. The molecular weight excluding hydrogens is 637 g/mol. The molecule has 1 aliphatic heterocycles. The Morgan fingerprint density at radius 2 is 0.700 bits per heavy atom. The highest BCUT2D eigenvalue weighted by Crippen LogP contribution is 2.49. The number of rotatable bonds is 6. The van der Waals surface area contributed by atoms with Gasteiger partial charge in [0.25, 0.3) is 0 Å². The third-order valence-electron chi connectivity index (χ3n) is 12.1. The fourth-order valence-electron chi connectivity index (χ4n) is 9.61. The Bertz CT molecular complexity index is 2020. The number of hydrogen-bond acceptors (Lipinski definition) is 2. The van der Waals surface area contributed by atoms with Gasteiger partial charge in [0.05, 0.1) is 33.9 Å². The second-order valence-corrected chi connectivity index (χ2v) is 27.7. The third kappa shape index (κ3) is 5.85. The standard InChI is InChI=1S/C46H56N2Si2/c1-29(2)49(30(3)4,31(5)6)23-21-39-41-25-35-17-13-14-18-36(35)26-42(41)40(22-24-50(32(7)8,33(9)10)34(11)12)46-45(39)47-43-27-37-19-15-16-20-38(37)28-44(43)48-46/h13-20,25-34,47-48H,1-12H3. The van der Waals surface area contributed by atoms with E-state index in [0.717, 1.165) is 33.9 Å². The highest BCUT2D eigenvalue weighted by Gasteiger charge is 2.43. The molecule has 1 heterocycles. The van der Waals surface area contributed by atoms with Crippen LogP contribution in [-0.4, -0.2) is 16.1 Å². The van der Waals surface area contributed by atoms with Crippen LogP contribution in [0.2, 0.25) is 33.2 Å². The highest BCUT2D eigenvalue weighted by molar-refractivity contribution is 6.91. The number of anilines is 4. The molecule has 258 valence electrons. The molecule has 5 aromatic carbocycles. The minimum atomic E-state index is -2.03. The molecule has 6 rings (SSSR count). The first-order valence-corrected chi connectivity index (χ1v) is 23.3. The lowest BCUT2D eigenvalue weighted by Crippen LogP contribution is -2.43. The molecule has 0 unspecified atom stereocenters. The van der Waals surface area contributed by atoms with Crippen LogP contribution in [0.5, 0.6) is 0 Å². The van der Waals surface area contributed by atoms with E-state index < -0.39 is 16.1 Å². The van der Waals surface area contributed by atoms with Crippen LogP contribution in [0, 0.1) is 22.9 Å². The van der Waals surface area contributed by atoms with Gasteiger partial charge in [0.2, 0.25) is 0 Å². The second kappa shape index (κ2) is 13.6. The maximum absolute atomic E-state index is 4.10. The molecule has 0 amide bonds. The van der Waals surface area contributed by atoms with Crippen LogP contribution in [0.1, 0.15) is 94.2 Å². The molecule has 50 heavy (non-hydrogen) atoms. The molecular formula is C46H56N2Si2. The van der Waals surface area contributed by atoms with Gasteiger partial charge in [-0.1, -0.05) is 143 Å². The average Bonchev–Trinajstić information content (AvgIpc) is 3.05. The number of benzene rings is 5. The molecule has 0 saturated heterocycles. The van der Waals surface area contributed by atoms with Crippen molar-refractivity contribution in [3.8, 4) is 22.9 Å². The van der Waals surface area contributed by atoms with E-state index in [0.29, 0.717) is 33.2 Å². The van der Waals surface area contributed by atoms with Crippen LogP contribution < -0.4 is 10.6 Å². The van der Waals surface area contributed by atoms with Crippen molar-refractivity contribution in [1.82, 2.24) is 0 Å². The number of nitrogens with one attached hydrogen (secondary N) is 2. The minimum Gasteiger partial charge on any atom is -0.351 e. The van der Waals surface area contributed by atoms with Crippen LogP contribution in [0.25, 0.3) is 32.3 Å². The van der Waals surface area contributed by atoms with Crippen molar-refractivity contribution in [3.63, 3.8) is 0 Å². The van der Waals surface area contributed by atoms with E-state index in [1.54, 1.807) is 0 Å². The summed E-state index contributed by atoms with van der Waals surface area (Å²) in [5.74, 6) is 7.91. The van der Waals surface area contributed by atoms with Gasteiger partial charge in [0.15, 0.2) is 0 Å². The fraction of sp³-hybridized carbons (Fsp3) is 0.391. The Hall–Kier alpha value is -3.97. The number of hydrogen-bond donors (Lipinski definition) is 2. The lowest BCUT2D eigenvalue weighted by Gasteiger charge is -2.38. The molecule has 2 N–H and O–H groups in total. The van der Waals surface area contributed by atoms with Crippen molar-refractivity contribution < 1.29 is 0 Å². The third-order valence-corrected chi connectivity index (χ3v) is 24.7. The molecule has 0 aliphatic carbocycles. The maximum Gasteiger partial charge on any atom is 0.146 e. The van der Waals surface area contributed by atoms with E-state index in [2.05, 4.69) is 189 Å². The van der Waals surface area contributed by atoms with Gasteiger partial charge in [-0.25, -0.2) is 0 Å². The molecule has 0 radical (unpaired) electrons. The fourth-order valence-corrected chi connectivity index (χ4v) is 20.0. The summed E-state index contributed by atoms with van der Waals surface area (Å²) in [6.45, 7) is 28.8. The topological polar surface area (TPSA) is 24.1 Å². The van der Waals surface area contributed by atoms with E-state index >= 15 is 0 Å². The molecule has 0 atom stereocenters. The molecule has 4 heteroatoms. The van der Waals surface area contributed by atoms with Crippen LogP contribution in [0.3, 0.4) is 0 Å². The average molecular weight is 693 g/mol. The first-order chi connectivity index (χ1) is 23.7. The van der Waals surface area contributed by atoms with Crippen LogP contribution >= 0.6 is 0 Å². The van der Waals surface area contributed by atoms with Crippen LogP contribution in [0.4, 0.5) is 22.7 Å². The minimum absolute atomic E-state index is 0.544. The monoisotopic (exact) mass is 692 g/mol. The van der Waals surface area contributed by atoms with Gasteiger partial charge in [-0.15, -0.1) is 11.1 Å². The number of fused-ring (bicyclic) bond motifs is 5. The van der Waals surface area contributed by atoms with Crippen molar-refractivity contribution >= 4 is 71.2 Å². The Morgan fingerprint density at radius 3 is 0.980 bits per heavy atom. The van der Waals surface area contributed by atoms with Crippen LogP contribution in [-0.2, 0) is 0 Å². The van der Waals surface area contributed by atoms with Gasteiger partial charge in [-0.2, -0.15) is 0 Å². The van der Waals surface area contributed by atoms with E-state index in [4.69, 9.17) is 0 Å². The largest absolute Gasteiger partial charge is 0.351 e. The molecule has 0 fully saturated rings. The molecule has 1 aliphatic rings. The van der Waals surface area contributed by atoms with Gasteiger partial charge in [0.1, 0.15) is 16.1 Å².